The van der Waals surface area contributed by atoms with Gasteiger partial charge in [0.05, 0.1) is 9.50 Å². The molecule has 0 radical (unpaired) electrons. The first kappa shape index (κ1) is 11.8. The maximum absolute atomic E-state index is 5.79. The molecule has 0 atom stereocenters. The lowest BCUT2D eigenvalue weighted by Crippen LogP contribution is -2.22. The Morgan fingerprint density at radius 2 is 2.36 bits per heavy atom. The van der Waals surface area contributed by atoms with E-state index in [0.717, 1.165) is 23.3 Å². The fourth-order valence-electron chi connectivity index (χ4n) is 1.12. The van der Waals surface area contributed by atoms with Crippen molar-refractivity contribution in [3.8, 4) is 0 Å². The van der Waals surface area contributed by atoms with Crippen molar-refractivity contribution in [1.29, 1.82) is 0 Å². The molecule has 1 aromatic rings. The Labute approximate surface area is 97.4 Å². The molecular weight excluding hydrogens is 265 g/mol. The molecule has 0 fully saturated rings. The summed E-state index contributed by atoms with van der Waals surface area (Å²) in [5.74, 6) is 0.892. The molecule has 1 rings (SSSR count). The maximum atomic E-state index is 5.79. The normalized spacial score (nSPS) is 10.3. The largest absolute Gasteiger partial charge is 0.359 e. The third-order valence-corrected chi connectivity index (χ3v) is 2.64. The average Bonchev–Trinajstić information content (AvgIpc) is 2.14. The summed E-state index contributed by atoms with van der Waals surface area (Å²) in [7, 11) is 1.98. The average molecular weight is 279 g/mol. The highest BCUT2D eigenvalue weighted by Crippen LogP contribution is 2.25. The van der Waals surface area contributed by atoms with Gasteiger partial charge in [0.2, 0.25) is 0 Å². The number of halogens is 2. The van der Waals surface area contributed by atoms with Crippen molar-refractivity contribution in [2.45, 2.75) is 6.42 Å². The van der Waals surface area contributed by atoms with Crippen molar-refractivity contribution >= 4 is 33.3 Å². The van der Waals surface area contributed by atoms with Crippen LogP contribution in [0.15, 0.2) is 16.7 Å². The van der Waals surface area contributed by atoms with E-state index in [1.54, 1.807) is 6.20 Å². The van der Waals surface area contributed by atoms with Gasteiger partial charge in [-0.3, -0.25) is 0 Å². The van der Waals surface area contributed by atoms with E-state index in [1.165, 1.54) is 0 Å². The van der Waals surface area contributed by atoms with Crippen LogP contribution in [0.5, 0.6) is 0 Å². The third-order valence-electron chi connectivity index (χ3n) is 1.85. The van der Waals surface area contributed by atoms with E-state index >= 15 is 0 Å². The van der Waals surface area contributed by atoms with Crippen LogP contribution in [-0.4, -0.2) is 25.1 Å². The SMILES string of the molecule is CN(CCCN)c1ncc(Cl)cc1Br. The Hall–Kier alpha value is -0.320. The van der Waals surface area contributed by atoms with Gasteiger partial charge in [0.15, 0.2) is 0 Å². The van der Waals surface area contributed by atoms with Gasteiger partial charge in [-0.05, 0) is 35.0 Å². The van der Waals surface area contributed by atoms with E-state index in [0.29, 0.717) is 11.6 Å². The Morgan fingerprint density at radius 1 is 1.64 bits per heavy atom. The van der Waals surface area contributed by atoms with Gasteiger partial charge < -0.3 is 10.6 Å². The van der Waals surface area contributed by atoms with Crippen LogP contribution in [0.1, 0.15) is 6.42 Å². The van der Waals surface area contributed by atoms with Crippen LogP contribution in [0.3, 0.4) is 0 Å². The molecule has 0 aliphatic heterocycles. The minimum atomic E-state index is 0.632. The molecule has 1 heterocycles. The Balaban J connectivity index is 2.74. The second kappa shape index (κ2) is 5.53. The van der Waals surface area contributed by atoms with E-state index in [4.69, 9.17) is 17.3 Å². The predicted octanol–water partition coefficient (Wildman–Crippen LogP) is 2.28. The molecular formula is C9H13BrClN3. The summed E-state index contributed by atoms with van der Waals surface area (Å²) in [5, 5.41) is 0.632. The number of pyridine rings is 1. The van der Waals surface area contributed by atoms with Gasteiger partial charge in [-0.25, -0.2) is 4.98 Å². The van der Waals surface area contributed by atoms with Crippen LogP contribution in [0.2, 0.25) is 5.02 Å². The van der Waals surface area contributed by atoms with Crippen molar-refractivity contribution in [1.82, 2.24) is 4.98 Å². The van der Waals surface area contributed by atoms with E-state index in [9.17, 15) is 0 Å². The number of rotatable bonds is 4. The first-order valence-electron chi connectivity index (χ1n) is 4.37. The lowest BCUT2D eigenvalue weighted by Gasteiger charge is -2.18. The van der Waals surface area contributed by atoms with Crippen molar-refractivity contribution in [3.63, 3.8) is 0 Å². The molecule has 2 N–H and O–H groups in total. The number of anilines is 1. The Morgan fingerprint density at radius 3 is 2.93 bits per heavy atom. The van der Waals surface area contributed by atoms with Gasteiger partial charge in [0.1, 0.15) is 5.82 Å². The zero-order valence-corrected chi connectivity index (χ0v) is 10.3. The van der Waals surface area contributed by atoms with Gasteiger partial charge in [-0.15, -0.1) is 0 Å². The molecule has 0 amide bonds. The summed E-state index contributed by atoms with van der Waals surface area (Å²) in [6, 6.07) is 1.84. The lowest BCUT2D eigenvalue weighted by atomic mass is 10.3. The first-order chi connectivity index (χ1) is 6.65. The number of hydrogen-bond acceptors (Lipinski definition) is 3. The highest BCUT2D eigenvalue weighted by atomic mass is 79.9. The van der Waals surface area contributed by atoms with E-state index in [2.05, 4.69) is 20.9 Å². The first-order valence-corrected chi connectivity index (χ1v) is 5.54. The zero-order chi connectivity index (χ0) is 10.6. The standard InChI is InChI=1S/C9H13BrClN3/c1-14(4-2-3-12)9-8(10)5-7(11)6-13-9/h5-6H,2-4,12H2,1H3. The molecule has 5 heteroatoms. The molecule has 0 saturated heterocycles. The fraction of sp³-hybridized carbons (Fsp3) is 0.444. The second-order valence-corrected chi connectivity index (χ2v) is 4.31. The van der Waals surface area contributed by atoms with E-state index < -0.39 is 0 Å². The minimum Gasteiger partial charge on any atom is -0.359 e. The number of hydrogen-bond donors (Lipinski definition) is 1. The molecule has 3 nitrogen and oxygen atoms in total. The minimum absolute atomic E-state index is 0.632. The maximum Gasteiger partial charge on any atom is 0.142 e. The fourth-order valence-corrected chi connectivity index (χ4v) is 2.06. The molecule has 0 bridgehead atoms. The molecule has 0 aromatic carbocycles. The quantitative estimate of drug-likeness (QED) is 0.919. The summed E-state index contributed by atoms with van der Waals surface area (Å²) in [6.45, 7) is 1.58. The molecule has 0 spiro atoms. The van der Waals surface area contributed by atoms with Gasteiger partial charge in [0, 0.05) is 19.8 Å². The monoisotopic (exact) mass is 277 g/mol. The molecule has 1 aromatic heterocycles. The summed E-state index contributed by atoms with van der Waals surface area (Å²) in [6.07, 6.45) is 2.59. The molecule has 78 valence electrons. The second-order valence-electron chi connectivity index (χ2n) is 3.02. The molecule has 0 aliphatic rings. The van der Waals surface area contributed by atoms with Crippen LogP contribution >= 0.6 is 27.5 Å². The summed E-state index contributed by atoms with van der Waals surface area (Å²) < 4.78 is 0.907. The van der Waals surface area contributed by atoms with Crippen LogP contribution in [0.25, 0.3) is 0 Å². The summed E-state index contributed by atoms with van der Waals surface area (Å²) in [5.41, 5.74) is 5.44. The van der Waals surface area contributed by atoms with Crippen molar-refractivity contribution < 1.29 is 0 Å². The van der Waals surface area contributed by atoms with Gasteiger partial charge in [-0.1, -0.05) is 11.6 Å². The Kier molecular flexibility index (Phi) is 4.65. The molecule has 0 saturated carbocycles. The lowest BCUT2D eigenvalue weighted by molar-refractivity contribution is 0.785. The van der Waals surface area contributed by atoms with Crippen LogP contribution in [0, 0.1) is 0 Å². The highest BCUT2D eigenvalue weighted by Gasteiger charge is 2.06. The third kappa shape index (κ3) is 3.12. The van der Waals surface area contributed by atoms with Crippen LogP contribution in [-0.2, 0) is 0 Å². The van der Waals surface area contributed by atoms with E-state index in [-0.39, 0.29) is 0 Å². The van der Waals surface area contributed by atoms with Crippen molar-refractivity contribution in [2.75, 3.05) is 25.0 Å². The number of nitrogens with two attached hydrogens (primary N) is 1. The van der Waals surface area contributed by atoms with Crippen molar-refractivity contribution in [3.05, 3.63) is 21.8 Å². The zero-order valence-electron chi connectivity index (χ0n) is 8.00. The van der Waals surface area contributed by atoms with Crippen molar-refractivity contribution in [2.24, 2.45) is 5.73 Å². The topological polar surface area (TPSA) is 42.1 Å². The van der Waals surface area contributed by atoms with Gasteiger partial charge in [0.25, 0.3) is 0 Å². The predicted molar refractivity (Wildman–Crippen MR) is 63.9 cm³/mol. The molecule has 14 heavy (non-hydrogen) atoms. The smallest absolute Gasteiger partial charge is 0.142 e. The molecule has 0 unspecified atom stereocenters. The summed E-state index contributed by atoms with van der Waals surface area (Å²) in [4.78, 5) is 6.29. The van der Waals surface area contributed by atoms with Crippen LogP contribution in [0.4, 0.5) is 5.82 Å². The van der Waals surface area contributed by atoms with Gasteiger partial charge >= 0.3 is 0 Å². The molecule has 0 aliphatic carbocycles. The number of nitrogens with zero attached hydrogens (tertiary/aromatic N) is 2. The van der Waals surface area contributed by atoms with Crippen LogP contribution < -0.4 is 10.6 Å². The van der Waals surface area contributed by atoms with Gasteiger partial charge in [-0.2, -0.15) is 0 Å². The summed E-state index contributed by atoms with van der Waals surface area (Å²) >= 11 is 9.21. The Bertz CT molecular complexity index is 306. The van der Waals surface area contributed by atoms with E-state index in [1.807, 2.05) is 18.0 Å². The number of aromatic nitrogens is 1. The highest BCUT2D eigenvalue weighted by molar-refractivity contribution is 9.10.